The zero-order valence-corrected chi connectivity index (χ0v) is 8.79. The molecule has 1 aliphatic heterocycles. The largest absolute Gasteiger partial charge is 0.340 e. The number of carbonyl (C=O) groups is 1. The van der Waals surface area contributed by atoms with Gasteiger partial charge in [-0.15, -0.1) is 0 Å². The summed E-state index contributed by atoms with van der Waals surface area (Å²) in [5.74, 6) is 0.199. The van der Waals surface area contributed by atoms with Gasteiger partial charge in [-0.1, -0.05) is 0 Å². The molecule has 1 rings (SSSR count). The number of hydrogen-bond donors (Lipinski definition) is 0. The molecule has 4 nitrogen and oxygen atoms in total. The minimum absolute atomic E-state index is 0.199. The monoisotopic (exact) mass is 185 g/mol. The van der Waals surface area contributed by atoms with Gasteiger partial charge < -0.3 is 4.90 Å². The first kappa shape index (κ1) is 10.5. The van der Waals surface area contributed by atoms with Gasteiger partial charge in [-0.05, 0) is 14.1 Å². The van der Waals surface area contributed by atoms with Crippen LogP contribution < -0.4 is 0 Å². The number of piperazine rings is 1. The van der Waals surface area contributed by atoms with Gasteiger partial charge in [0.15, 0.2) is 0 Å². The third-order valence-electron chi connectivity index (χ3n) is 2.30. The zero-order valence-electron chi connectivity index (χ0n) is 8.79. The van der Waals surface area contributed by atoms with Crippen LogP contribution in [0.25, 0.3) is 0 Å². The van der Waals surface area contributed by atoms with E-state index in [2.05, 4.69) is 23.9 Å². The second-order valence-electron chi connectivity index (χ2n) is 3.85. The van der Waals surface area contributed by atoms with Crippen LogP contribution in [0.3, 0.4) is 0 Å². The topological polar surface area (TPSA) is 26.8 Å². The van der Waals surface area contributed by atoms with E-state index in [0.29, 0.717) is 0 Å². The van der Waals surface area contributed by atoms with Crippen molar-refractivity contribution < 1.29 is 4.79 Å². The van der Waals surface area contributed by atoms with Crippen LogP contribution in [0.4, 0.5) is 0 Å². The summed E-state index contributed by atoms with van der Waals surface area (Å²) >= 11 is 0. The lowest BCUT2D eigenvalue weighted by Crippen LogP contribution is -2.50. The Morgan fingerprint density at radius 2 is 1.77 bits per heavy atom. The minimum Gasteiger partial charge on any atom is -0.340 e. The lowest BCUT2D eigenvalue weighted by molar-refractivity contribution is -0.130. The average molecular weight is 185 g/mol. The second kappa shape index (κ2) is 4.58. The minimum atomic E-state index is 0.199. The summed E-state index contributed by atoms with van der Waals surface area (Å²) in [5.41, 5.74) is 0. The van der Waals surface area contributed by atoms with Crippen molar-refractivity contribution in [3.63, 3.8) is 0 Å². The van der Waals surface area contributed by atoms with Crippen LogP contribution in [0, 0.1) is 0 Å². The van der Waals surface area contributed by atoms with Crippen molar-refractivity contribution in [3.8, 4) is 0 Å². The third-order valence-corrected chi connectivity index (χ3v) is 2.30. The summed E-state index contributed by atoms with van der Waals surface area (Å²) in [6.07, 6.45) is 0. The van der Waals surface area contributed by atoms with Crippen molar-refractivity contribution in [2.45, 2.75) is 6.92 Å². The summed E-state index contributed by atoms with van der Waals surface area (Å²) in [7, 11) is 4.13. The van der Waals surface area contributed by atoms with Crippen molar-refractivity contribution in [1.29, 1.82) is 0 Å². The molecular weight excluding hydrogens is 166 g/mol. The van der Waals surface area contributed by atoms with E-state index in [1.165, 1.54) is 0 Å². The van der Waals surface area contributed by atoms with Crippen molar-refractivity contribution in [1.82, 2.24) is 14.7 Å². The molecule has 4 heteroatoms. The van der Waals surface area contributed by atoms with Crippen molar-refractivity contribution in [2.24, 2.45) is 0 Å². The SMILES string of the molecule is CC(=O)N1CCN(CN(C)C)CC1. The highest BCUT2D eigenvalue weighted by Gasteiger charge is 2.18. The Balaban J connectivity index is 2.26. The fourth-order valence-electron chi connectivity index (χ4n) is 1.60. The van der Waals surface area contributed by atoms with Crippen LogP contribution in [-0.4, -0.2) is 67.5 Å². The van der Waals surface area contributed by atoms with Gasteiger partial charge in [-0.3, -0.25) is 14.6 Å². The summed E-state index contributed by atoms with van der Waals surface area (Å²) in [5, 5.41) is 0. The number of amides is 1. The Morgan fingerprint density at radius 1 is 1.23 bits per heavy atom. The third kappa shape index (κ3) is 3.32. The molecule has 1 heterocycles. The van der Waals surface area contributed by atoms with Gasteiger partial charge in [-0.2, -0.15) is 0 Å². The molecule has 0 unspecified atom stereocenters. The summed E-state index contributed by atoms with van der Waals surface area (Å²) in [4.78, 5) is 17.5. The predicted molar refractivity (Wildman–Crippen MR) is 52.4 cm³/mol. The van der Waals surface area contributed by atoms with E-state index in [-0.39, 0.29) is 5.91 Å². The van der Waals surface area contributed by atoms with Crippen LogP contribution >= 0.6 is 0 Å². The molecule has 0 N–H and O–H groups in total. The maximum Gasteiger partial charge on any atom is 0.219 e. The summed E-state index contributed by atoms with van der Waals surface area (Å²) < 4.78 is 0. The molecule has 0 saturated carbocycles. The van der Waals surface area contributed by atoms with Gasteiger partial charge in [0.2, 0.25) is 5.91 Å². The highest BCUT2D eigenvalue weighted by molar-refractivity contribution is 5.73. The summed E-state index contributed by atoms with van der Waals surface area (Å²) in [6.45, 7) is 6.38. The molecule has 1 amide bonds. The van der Waals surface area contributed by atoms with E-state index in [9.17, 15) is 4.79 Å². The van der Waals surface area contributed by atoms with Crippen LogP contribution in [0.15, 0.2) is 0 Å². The Hall–Kier alpha value is -0.610. The molecule has 0 bridgehead atoms. The number of nitrogens with zero attached hydrogens (tertiary/aromatic N) is 3. The molecular formula is C9H19N3O. The lowest BCUT2D eigenvalue weighted by atomic mass is 10.3. The quantitative estimate of drug-likeness (QED) is 0.589. The number of rotatable bonds is 2. The van der Waals surface area contributed by atoms with Gasteiger partial charge in [0, 0.05) is 33.1 Å². The van der Waals surface area contributed by atoms with Crippen molar-refractivity contribution in [2.75, 3.05) is 46.9 Å². The standard InChI is InChI=1S/C9H19N3O/c1-9(13)12-6-4-11(5-7-12)8-10(2)3/h4-8H2,1-3H3. The molecule has 1 aliphatic rings. The first-order valence-electron chi connectivity index (χ1n) is 4.72. The van der Waals surface area contributed by atoms with Gasteiger partial charge >= 0.3 is 0 Å². The summed E-state index contributed by atoms with van der Waals surface area (Å²) in [6, 6.07) is 0. The second-order valence-corrected chi connectivity index (χ2v) is 3.85. The lowest BCUT2D eigenvalue weighted by Gasteiger charge is -2.35. The zero-order chi connectivity index (χ0) is 9.84. The van der Waals surface area contributed by atoms with E-state index in [1.807, 2.05) is 4.90 Å². The van der Waals surface area contributed by atoms with Gasteiger partial charge in [0.1, 0.15) is 0 Å². The molecule has 1 fully saturated rings. The molecule has 13 heavy (non-hydrogen) atoms. The average Bonchev–Trinajstić information content (AvgIpc) is 2.04. The van der Waals surface area contributed by atoms with Gasteiger partial charge in [0.05, 0.1) is 6.67 Å². The fourth-order valence-corrected chi connectivity index (χ4v) is 1.60. The van der Waals surface area contributed by atoms with Gasteiger partial charge in [-0.25, -0.2) is 0 Å². The highest BCUT2D eigenvalue weighted by Crippen LogP contribution is 2.01. The van der Waals surface area contributed by atoms with Crippen LogP contribution in [0.5, 0.6) is 0 Å². The molecule has 0 aromatic carbocycles. The Bertz CT molecular complexity index is 174. The predicted octanol–water partition coefficient (Wildman–Crippen LogP) is -0.330. The molecule has 1 saturated heterocycles. The molecule has 0 aliphatic carbocycles. The highest BCUT2D eigenvalue weighted by atomic mass is 16.2. The maximum atomic E-state index is 11.0. The van der Waals surface area contributed by atoms with E-state index < -0.39 is 0 Å². The molecule has 0 radical (unpaired) electrons. The fraction of sp³-hybridized carbons (Fsp3) is 0.889. The van der Waals surface area contributed by atoms with Crippen molar-refractivity contribution in [3.05, 3.63) is 0 Å². The molecule has 0 spiro atoms. The Morgan fingerprint density at radius 3 is 2.15 bits per heavy atom. The number of hydrogen-bond acceptors (Lipinski definition) is 3. The van der Waals surface area contributed by atoms with Crippen molar-refractivity contribution >= 4 is 5.91 Å². The first-order valence-corrected chi connectivity index (χ1v) is 4.72. The van der Waals surface area contributed by atoms with E-state index in [1.54, 1.807) is 6.92 Å². The Labute approximate surface area is 80.1 Å². The maximum absolute atomic E-state index is 11.0. The molecule has 0 atom stereocenters. The van der Waals surface area contributed by atoms with Gasteiger partial charge in [0.25, 0.3) is 0 Å². The Kier molecular flexibility index (Phi) is 3.69. The molecule has 0 aromatic heterocycles. The molecule has 0 aromatic rings. The normalized spacial score (nSPS) is 19.5. The van der Waals surface area contributed by atoms with E-state index >= 15 is 0 Å². The first-order chi connectivity index (χ1) is 6.09. The number of carbonyl (C=O) groups excluding carboxylic acids is 1. The van der Waals surface area contributed by atoms with Crippen LogP contribution in [-0.2, 0) is 4.79 Å². The van der Waals surface area contributed by atoms with E-state index in [0.717, 1.165) is 32.8 Å². The smallest absolute Gasteiger partial charge is 0.219 e. The molecule has 76 valence electrons. The van der Waals surface area contributed by atoms with E-state index in [4.69, 9.17) is 0 Å². The van der Waals surface area contributed by atoms with Crippen LogP contribution in [0.1, 0.15) is 6.92 Å². The van der Waals surface area contributed by atoms with Crippen LogP contribution in [0.2, 0.25) is 0 Å².